The summed E-state index contributed by atoms with van der Waals surface area (Å²) in [6, 6.07) is 5.87. The second-order valence-electron chi connectivity index (χ2n) is 8.09. The number of carbonyl (C=O) groups is 1. The molecule has 1 aromatic rings. The fourth-order valence-corrected chi connectivity index (χ4v) is 5.57. The molecule has 2 rings (SSSR count). The number of carbonyl (C=O) groups excluding carboxylic acids is 1. The molecule has 0 aromatic heterocycles. The average molecular weight is 397 g/mol. The van der Waals surface area contributed by atoms with Crippen molar-refractivity contribution >= 4 is 15.9 Å². The summed E-state index contributed by atoms with van der Waals surface area (Å²) in [6.45, 7) is 14.5. The smallest absolute Gasteiger partial charge is 0.278 e. The second kappa shape index (κ2) is 8.71. The Morgan fingerprint density at radius 1 is 1.11 bits per heavy atom. The number of amides is 1. The van der Waals surface area contributed by atoms with Gasteiger partial charge in [0, 0.05) is 12.1 Å². The standard InChI is InChI=1S/C20H33N3O3S/c1-15(2)23(16(3)4)20(24)14-21-9-11-22(12-10-21)27(25,26)19-13-17(5)7-8-18(19)6/h7-8,13,15-16H,9-12,14H2,1-6H3/p+1. The lowest BCUT2D eigenvalue weighted by Gasteiger charge is -2.35. The summed E-state index contributed by atoms with van der Waals surface area (Å²) in [6.07, 6.45) is 0. The highest BCUT2D eigenvalue weighted by atomic mass is 32.2. The number of quaternary nitrogens is 1. The number of benzene rings is 1. The van der Waals surface area contributed by atoms with E-state index in [1.54, 1.807) is 10.4 Å². The molecule has 1 aliphatic rings. The van der Waals surface area contributed by atoms with Gasteiger partial charge in [-0.2, -0.15) is 4.31 Å². The maximum Gasteiger partial charge on any atom is 0.278 e. The maximum absolute atomic E-state index is 13.0. The first kappa shape index (κ1) is 21.9. The van der Waals surface area contributed by atoms with Crippen LogP contribution in [-0.4, -0.2) is 68.3 Å². The number of nitrogens with one attached hydrogen (secondary N) is 1. The first-order valence-electron chi connectivity index (χ1n) is 9.76. The van der Waals surface area contributed by atoms with Gasteiger partial charge in [-0.1, -0.05) is 12.1 Å². The number of nitrogens with zero attached hydrogens (tertiary/aromatic N) is 2. The zero-order valence-electron chi connectivity index (χ0n) is 17.4. The quantitative estimate of drug-likeness (QED) is 0.775. The summed E-state index contributed by atoms with van der Waals surface area (Å²) in [5.41, 5.74) is 1.71. The van der Waals surface area contributed by atoms with Crippen molar-refractivity contribution in [1.29, 1.82) is 0 Å². The van der Waals surface area contributed by atoms with Crippen LogP contribution in [0.4, 0.5) is 0 Å². The predicted octanol–water partition coefficient (Wildman–Crippen LogP) is 0.838. The van der Waals surface area contributed by atoms with Crippen molar-refractivity contribution in [3.8, 4) is 0 Å². The summed E-state index contributed by atoms with van der Waals surface area (Å²) in [4.78, 5) is 16.1. The molecule has 152 valence electrons. The Morgan fingerprint density at radius 2 is 1.67 bits per heavy atom. The van der Waals surface area contributed by atoms with Crippen LogP contribution in [0.2, 0.25) is 0 Å². The van der Waals surface area contributed by atoms with E-state index < -0.39 is 10.0 Å². The number of hydrogen-bond donors (Lipinski definition) is 1. The Morgan fingerprint density at radius 3 is 2.19 bits per heavy atom. The summed E-state index contributed by atoms with van der Waals surface area (Å²) >= 11 is 0. The number of rotatable bonds is 6. The van der Waals surface area contributed by atoms with Crippen LogP contribution in [0.25, 0.3) is 0 Å². The molecule has 1 aliphatic heterocycles. The highest BCUT2D eigenvalue weighted by Crippen LogP contribution is 2.21. The molecule has 0 atom stereocenters. The molecular weight excluding hydrogens is 362 g/mol. The zero-order chi connectivity index (χ0) is 20.4. The van der Waals surface area contributed by atoms with Crippen LogP contribution in [0.15, 0.2) is 23.1 Å². The maximum atomic E-state index is 13.0. The van der Waals surface area contributed by atoms with Gasteiger partial charge in [-0.3, -0.25) is 4.79 Å². The molecule has 27 heavy (non-hydrogen) atoms. The van der Waals surface area contributed by atoms with E-state index in [1.807, 2.05) is 58.6 Å². The van der Waals surface area contributed by atoms with Gasteiger partial charge in [0.25, 0.3) is 5.91 Å². The van der Waals surface area contributed by atoms with Gasteiger partial charge in [0.05, 0.1) is 31.1 Å². The first-order valence-corrected chi connectivity index (χ1v) is 11.2. The van der Waals surface area contributed by atoms with Crippen molar-refractivity contribution in [3.05, 3.63) is 29.3 Å². The van der Waals surface area contributed by atoms with E-state index in [0.29, 0.717) is 37.6 Å². The van der Waals surface area contributed by atoms with Crippen molar-refractivity contribution in [3.63, 3.8) is 0 Å². The van der Waals surface area contributed by atoms with Crippen LogP contribution in [0.1, 0.15) is 38.8 Å². The largest absolute Gasteiger partial charge is 0.333 e. The molecule has 0 radical (unpaired) electrons. The van der Waals surface area contributed by atoms with E-state index in [0.717, 1.165) is 16.0 Å². The molecule has 0 spiro atoms. The molecule has 0 aliphatic carbocycles. The van der Waals surface area contributed by atoms with E-state index in [-0.39, 0.29) is 18.0 Å². The molecule has 1 heterocycles. The van der Waals surface area contributed by atoms with Gasteiger partial charge < -0.3 is 9.80 Å². The third kappa shape index (κ3) is 5.09. The van der Waals surface area contributed by atoms with E-state index in [4.69, 9.17) is 0 Å². The minimum absolute atomic E-state index is 0.140. The zero-order valence-corrected chi connectivity index (χ0v) is 18.3. The molecule has 7 heteroatoms. The Kier molecular flexibility index (Phi) is 7.05. The molecule has 1 amide bonds. The fourth-order valence-electron chi connectivity index (χ4n) is 3.82. The van der Waals surface area contributed by atoms with Crippen LogP contribution in [0, 0.1) is 13.8 Å². The highest BCUT2D eigenvalue weighted by Gasteiger charge is 2.33. The SMILES string of the molecule is Cc1ccc(C)c(S(=O)(=O)N2CC[NH+](CC(=O)N(C(C)C)C(C)C)CC2)c1. The molecule has 1 fully saturated rings. The van der Waals surface area contributed by atoms with Crippen LogP contribution in [0.5, 0.6) is 0 Å². The molecule has 0 unspecified atom stereocenters. The van der Waals surface area contributed by atoms with E-state index >= 15 is 0 Å². The highest BCUT2D eigenvalue weighted by molar-refractivity contribution is 7.89. The van der Waals surface area contributed by atoms with Crippen molar-refractivity contribution < 1.29 is 18.1 Å². The number of aryl methyl sites for hydroxylation is 2. The third-order valence-corrected chi connectivity index (χ3v) is 7.23. The molecule has 1 saturated heterocycles. The number of sulfonamides is 1. The van der Waals surface area contributed by atoms with Gasteiger partial charge in [0.1, 0.15) is 0 Å². The summed E-state index contributed by atoms with van der Waals surface area (Å²) in [5.74, 6) is 0.140. The van der Waals surface area contributed by atoms with Crippen molar-refractivity contribution in [2.45, 2.75) is 58.5 Å². The fraction of sp³-hybridized carbons (Fsp3) is 0.650. The van der Waals surface area contributed by atoms with Gasteiger partial charge in [-0.15, -0.1) is 0 Å². The summed E-state index contributed by atoms with van der Waals surface area (Å²) in [7, 11) is -3.49. The molecule has 0 bridgehead atoms. The van der Waals surface area contributed by atoms with Crippen molar-refractivity contribution in [2.75, 3.05) is 32.7 Å². The third-order valence-electron chi connectivity index (χ3n) is 5.19. The number of hydrogen-bond acceptors (Lipinski definition) is 3. The Balaban J connectivity index is 2.02. The van der Waals surface area contributed by atoms with Crippen LogP contribution >= 0.6 is 0 Å². The van der Waals surface area contributed by atoms with Gasteiger partial charge in [-0.25, -0.2) is 8.42 Å². The summed E-state index contributed by atoms with van der Waals surface area (Å²) in [5, 5.41) is 0. The molecule has 1 aromatic carbocycles. The Bertz CT molecular complexity index is 759. The molecular formula is C20H34N3O3S+. The summed E-state index contributed by atoms with van der Waals surface area (Å²) < 4.78 is 27.6. The van der Waals surface area contributed by atoms with Crippen molar-refractivity contribution in [1.82, 2.24) is 9.21 Å². The minimum Gasteiger partial charge on any atom is -0.333 e. The van der Waals surface area contributed by atoms with Gasteiger partial charge in [0.2, 0.25) is 10.0 Å². The average Bonchev–Trinajstić information content (AvgIpc) is 2.56. The number of piperazine rings is 1. The van der Waals surface area contributed by atoms with E-state index in [9.17, 15) is 13.2 Å². The first-order chi connectivity index (χ1) is 12.5. The Labute approximate surface area is 164 Å². The van der Waals surface area contributed by atoms with Gasteiger partial charge in [-0.05, 0) is 58.7 Å². The molecule has 6 nitrogen and oxygen atoms in total. The monoisotopic (exact) mass is 396 g/mol. The second-order valence-corrected chi connectivity index (χ2v) is 9.99. The van der Waals surface area contributed by atoms with Gasteiger partial charge in [0.15, 0.2) is 6.54 Å². The topological polar surface area (TPSA) is 62.1 Å². The van der Waals surface area contributed by atoms with E-state index in [1.165, 1.54) is 0 Å². The normalized spacial score (nSPS) is 16.9. The van der Waals surface area contributed by atoms with E-state index in [2.05, 4.69) is 0 Å². The van der Waals surface area contributed by atoms with Crippen LogP contribution in [0.3, 0.4) is 0 Å². The lowest BCUT2D eigenvalue weighted by Crippen LogP contribution is -3.15. The van der Waals surface area contributed by atoms with Crippen LogP contribution < -0.4 is 4.90 Å². The lowest BCUT2D eigenvalue weighted by atomic mass is 10.2. The molecule has 0 saturated carbocycles. The lowest BCUT2D eigenvalue weighted by molar-refractivity contribution is -0.896. The Hall–Kier alpha value is -1.44. The van der Waals surface area contributed by atoms with Crippen molar-refractivity contribution in [2.24, 2.45) is 0 Å². The molecule has 1 N–H and O–H groups in total. The minimum atomic E-state index is -3.49. The van der Waals surface area contributed by atoms with Gasteiger partial charge >= 0.3 is 0 Å². The van der Waals surface area contributed by atoms with Crippen LogP contribution in [-0.2, 0) is 14.8 Å². The predicted molar refractivity (Wildman–Crippen MR) is 107 cm³/mol.